The number of aryl methyl sites for hydroxylation is 1. The lowest BCUT2D eigenvalue weighted by Gasteiger charge is -2.11. The van der Waals surface area contributed by atoms with Crippen LogP contribution >= 0.6 is 0 Å². The molecule has 8 nitrogen and oxygen atoms in total. The number of carbonyl (C=O) groups excluding carboxylic acids is 1. The van der Waals surface area contributed by atoms with Gasteiger partial charge in [0.1, 0.15) is 5.82 Å². The fourth-order valence-electron chi connectivity index (χ4n) is 2.88. The molecule has 0 spiro atoms. The molecule has 0 aliphatic heterocycles. The number of carbonyl (C=O) groups is 1. The molecular formula is C18H11F4N5O3. The lowest BCUT2D eigenvalue weighted by Crippen LogP contribution is -2.21. The summed E-state index contributed by atoms with van der Waals surface area (Å²) in [6.07, 6.45) is -5.00. The number of aromatic nitrogens is 4. The smallest absolute Gasteiger partial charge is 0.408 e. The highest BCUT2D eigenvalue weighted by molar-refractivity contribution is 6.04. The van der Waals surface area contributed by atoms with E-state index < -0.39 is 35.0 Å². The molecule has 0 fully saturated rings. The van der Waals surface area contributed by atoms with Crippen LogP contribution in [0.15, 0.2) is 51.7 Å². The van der Waals surface area contributed by atoms with Crippen LogP contribution in [0, 0.1) is 5.82 Å². The molecule has 12 heteroatoms. The van der Waals surface area contributed by atoms with Crippen LogP contribution in [0.5, 0.6) is 0 Å². The van der Waals surface area contributed by atoms with Gasteiger partial charge in [-0.1, -0.05) is 11.3 Å². The van der Waals surface area contributed by atoms with Crippen molar-refractivity contribution in [2.45, 2.75) is 6.18 Å². The Hall–Kier alpha value is -3.96. The number of anilines is 1. The highest BCUT2D eigenvalue weighted by Crippen LogP contribution is 2.33. The van der Waals surface area contributed by atoms with E-state index in [4.69, 9.17) is 4.42 Å². The van der Waals surface area contributed by atoms with Crippen LogP contribution in [0.4, 0.5) is 23.2 Å². The Bertz CT molecular complexity index is 1340. The molecule has 2 aromatic carbocycles. The average Bonchev–Trinajstić information content (AvgIpc) is 3.24. The molecule has 2 aromatic heterocycles. The molecule has 2 heterocycles. The molecule has 0 radical (unpaired) electrons. The van der Waals surface area contributed by atoms with Gasteiger partial charge in [-0.25, -0.2) is 13.9 Å². The fourth-order valence-corrected chi connectivity index (χ4v) is 2.88. The SMILES string of the molecule is Cn1c(=O)oc2cc(NC(=O)c3nnn(-c4cccc(F)c4)c3C(F)(F)F)ccc21. The number of oxazole rings is 1. The zero-order chi connectivity index (χ0) is 21.6. The van der Waals surface area contributed by atoms with Crippen molar-refractivity contribution in [2.75, 3.05) is 5.32 Å². The van der Waals surface area contributed by atoms with Gasteiger partial charge in [-0.3, -0.25) is 9.36 Å². The van der Waals surface area contributed by atoms with Gasteiger partial charge in [0, 0.05) is 18.8 Å². The van der Waals surface area contributed by atoms with E-state index in [0.29, 0.717) is 10.2 Å². The van der Waals surface area contributed by atoms with Gasteiger partial charge >= 0.3 is 11.9 Å². The number of hydrogen-bond acceptors (Lipinski definition) is 5. The first kappa shape index (κ1) is 19.4. The average molecular weight is 421 g/mol. The quantitative estimate of drug-likeness (QED) is 0.513. The van der Waals surface area contributed by atoms with Crippen molar-refractivity contribution < 1.29 is 26.8 Å². The van der Waals surface area contributed by atoms with Crippen LogP contribution in [-0.4, -0.2) is 25.5 Å². The predicted molar refractivity (Wildman–Crippen MR) is 95.7 cm³/mol. The third kappa shape index (κ3) is 3.32. The molecule has 1 N–H and O–H groups in total. The van der Waals surface area contributed by atoms with E-state index in [1.165, 1.54) is 41.9 Å². The van der Waals surface area contributed by atoms with Crippen molar-refractivity contribution in [3.8, 4) is 5.69 Å². The number of alkyl halides is 3. The zero-order valence-electron chi connectivity index (χ0n) is 15.1. The van der Waals surface area contributed by atoms with E-state index in [9.17, 15) is 27.2 Å². The molecule has 0 atom stereocenters. The summed E-state index contributed by atoms with van der Waals surface area (Å²) in [6, 6.07) is 8.42. The van der Waals surface area contributed by atoms with Crippen molar-refractivity contribution in [2.24, 2.45) is 7.05 Å². The Morgan fingerprint density at radius 3 is 2.63 bits per heavy atom. The Morgan fingerprint density at radius 1 is 1.17 bits per heavy atom. The summed E-state index contributed by atoms with van der Waals surface area (Å²) < 4.78 is 61.0. The van der Waals surface area contributed by atoms with E-state index >= 15 is 0 Å². The first-order valence-electron chi connectivity index (χ1n) is 8.35. The van der Waals surface area contributed by atoms with Gasteiger partial charge in [0.05, 0.1) is 11.2 Å². The number of nitrogens with zero attached hydrogens (tertiary/aromatic N) is 4. The van der Waals surface area contributed by atoms with E-state index in [0.717, 1.165) is 12.1 Å². The first-order valence-corrected chi connectivity index (χ1v) is 8.35. The van der Waals surface area contributed by atoms with Gasteiger partial charge in [-0.2, -0.15) is 13.2 Å². The second-order valence-corrected chi connectivity index (χ2v) is 6.24. The number of rotatable bonds is 3. The molecule has 0 unspecified atom stereocenters. The van der Waals surface area contributed by atoms with E-state index in [1.807, 2.05) is 0 Å². The Labute approximate surface area is 164 Å². The fraction of sp³-hybridized carbons (Fsp3) is 0.111. The van der Waals surface area contributed by atoms with Gasteiger partial charge in [0.15, 0.2) is 17.0 Å². The molecule has 30 heavy (non-hydrogen) atoms. The van der Waals surface area contributed by atoms with Crippen LogP contribution in [0.25, 0.3) is 16.8 Å². The summed E-state index contributed by atoms with van der Waals surface area (Å²) in [6.45, 7) is 0. The standard InChI is InChI=1S/C18H11F4N5O3/c1-26-12-6-5-10(8-13(12)30-17(26)29)23-16(28)14-15(18(20,21)22)27(25-24-14)11-4-2-3-9(19)7-11/h2-8H,1H3,(H,23,28). The van der Waals surface area contributed by atoms with Crippen molar-refractivity contribution >= 4 is 22.7 Å². The number of fused-ring (bicyclic) bond motifs is 1. The molecule has 0 bridgehead atoms. The summed E-state index contributed by atoms with van der Waals surface area (Å²) in [5.41, 5.74) is -2.05. The van der Waals surface area contributed by atoms with Crippen molar-refractivity contribution in [3.63, 3.8) is 0 Å². The maximum absolute atomic E-state index is 13.7. The summed E-state index contributed by atoms with van der Waals surface area (Å²) in [7, 11) is 1.48. The zero-order valence-corrected chi connectivity index (χ0v) is 15.1. The van der Waals surface area contributed by atoms with Crippen LogP contribution in [0.3, 0.4) is 0 Å². The molecule has 4 rings (SSSR count). The number of amides is 1. The Kier molecular flexibility index (Phi) is 4.41. The van der Waals surface area contributed by atoms with Gasteiger partial charge in [0.2, 0.25) is 0 Å². The normalized spacial score (nSPS) is 11.8. The van der Waals surface area contributed by atoms with Crippen LogP contribution < -0.4 is 11.1 Å². The maximum atomic E-state index is 13.7. The largest absolute Gasteiger partial charge is 0.435 e. The minimum absolute atomic E-state index is 0.0790. The summed E-state index contributed by atoms with van der Waals surface area (Å²) >= 11 is 0. The van der Waals surface area contributed by atoms with Crippen molar-refractivity contribution in [1.82, 2.24) is 19.6 Å². The van der Waals surface area contributed by atoms with Crippen molar-refractivity contribution in [1.29, 1.82) is 0 Å². The summed E-state index contributed by atoms with van der Waals surface area (Å²) in [5, 5.41) is 8.99. The first-order chi connectivity index (χ1) is 14.1. The minimum Gasteiger partial charge on any atom is -0.408 e. The third-order valence-electron chi connectivity index (χ3n) is 4.26. The van der Waals surface area contributed by atoms with Gasteiger partial charge in [-0.15, -0.1) is 5.10 Å². The molecule has 0 saturated carbocycles. The number of hydrogen-bond donors (Lipinski definition) is 1. The summed E-state index contributed by atoms with van der Waals surface area (Å²) in [4.78, 5) is 24.0. The Balaban J connectivity index is 1.73. The van der Waals surface area contributed by atoms with Gasteiger partial charge < -0.3 is 9.73 Å². The molecule has 154 valence electrons. The molecule has 0 aliphatic rings. The Morgan fingerprint density at radius 2 is 1.93 bits per heavy atom. The molecular weight excluding hydrogens is 410 g/mol. The predicted octanol–water partition coefficient (Wildman–Crippen LogP) is 3.12. The second-order valence-electron chi connectivity index (χ2n) is 6.24. The van der Waals surface area contributed by atoms with Crippen LogP contribution in [-0.2, 0) is 13.2 Å². The third-order valence-corrected chi connectivity index (χ3v) is 4.26. The van der Waals surface area contributed by atoms with Gasteiger partial charge in [0.25, 0.3) is 5.91 Å². The number of benzene rings is 2. The molecule has 1 amide bonds. The molecule has 4 aromatic rings. The molecule has 0 saturated heterocycles. The number of nitrogens with one attached hydrogen (secondary N) is 1. The lowest BCUT2D eigenvalue weighted by atomic mass is 10.2. The number of halogens is 4. The van der Waals surface area contributed by atoms with Crippen LogP contribution in [0.2, 0.25) is 0 Å². The highest BCUT2D eigenvalue weighted by atomic mass is 19.4. The monoisotopic (exact) mass is 421 g/mol. The van der Waals surface area contributed by atoms with Crippen molar-refractivity contribution in [3.05, 3.63) is 70.2 Å². The minimum atomic E-state index is -5.00. The van der Waals surface area contributed by atoms with Gasteiger partial charge in [-0.05, 0) is 30.3 Å². The van der Waals surface area contributed by atoms with E-state index in [-0.39, 0.29) is 17.0 Å². The topological polar surface area (TPSA) is 95.0 Å². The second kappa shape index (κ2) is 6.83. The maximum Gasteiger partial charge on any atom is 0.435 e. The van der Waals surface area contributed by atoms with Crippen LogP contribution in [0.1, 0.15) is 16.2 Å². The highest BCUT2D eigenvalue weighted by Gasteiger charge is 2.42. The molecule has 0 aliphatic carbocycles. The van der Waals surface area contributed by atoms with E-state index in [2.05, 4.69) is 15.6 Å². The van der Waals surface area contributed by atoms with E-state index in [1.54, 1.807) is 0 Å². The summed E-state index contributed by atoms with van der Waals surface area (Å²) in [5.74, 6) is -2.60. The lowest BCUT2D eigenvalue weighted by molar-refractivity contribution is -0.143.